The molecule has 0 aliphatic carbocycles. The van der Waals surface area contributed by atoms with E-state index in [4.69, 9.17) is 39.5 Å². The molecule has 1 heterocycles. The molecule has 4 nitrogen and oxygen atoms in total. The number of rotatable bonds is 4. The third-order valence-electron chi connectivity index (χ3n) is 2.51. The summed E-state index contributed by atoms with van der Waals surface area (Å²) in [5.41, 5.74) is 1.63. The summed E-state index contributed by atoms with van der Waals surface area (Å²) in [4.78, 5) is 11.3. The van der Waals surface area contributed by atoms with Gasteiger partial charge in [0.05, 0.1) is 22.3 Å². The highest BCUT2D eigenvalue weighted by Crippen LogP contribution is 2.24. The van der Waals surface area contributed by atoms with E-state index in [9.17, 15) is 4.79 Å². The van der Waals surface area contributed by atoms with Gasteiger partial charge >= 0.3 is 5.97 Å². The maximum Gasteiger partial charge on any atom is 0.327 e. The molecule has 0 saturated carbocycles. The van der Waals surface area contributed by atoms with E-state index in [0.717, 1.165) is 11.3 Å². The molecule has 0 unspecified atom stereocenters. The number of nitrogens with zero attached hydrogens (tertiary/aromatic N) is 2. The first-order valence-electron chi connectivity index (χ1n) is 5.74. The maximum absolute atomic E-state index is 11.3. The number of ether oxygens (including phenoxy) is 1. The summed E-state index contributed by atoms with van der Waals surface area (Å²) in [6.45, 7) is 2.22. The van der Waals surface area contributed by atoms with Crippen molar-refractivity contribution in [3.8, 4) is 5.88 Å². The van der Waals surface area contributed by atoms with E-state index >= 15 is 0 Å². The summed E-state index contributed by atoms with van der Waals surface area (Å²) in [5.74, 6) is -0.391. The maximum atomic E-state index is 11.3. The van der Waals surface area contributed by atoms with Crippen LogP contribution < -0.4 is 4.74 Å². The van der Waals surface area contributed by atoms with Gasteiger partial charge in [-0.3, -0.25) is 4.79 Å². The van der Waals surface area contributed by atoms with Gasteiger partial charge < -0.3 is 4.74 Å². The number of carbonyl (C=O) groups is 1. The van der Waals surface area contributed by atoms with Crippen molar-refractivity contribution in [1.82, 2.24) is 9.78 Å². The second-order valence-corrected chi connectivity index (χ2v) is 5.22. The molecule has 0 bridgehead atoms. The molecule has 2 rings (SSSR count). The van der Waals surface area contributed by atoms with E-state index in [0.29, 0.717) is 22.5 Å². The number of carbonyl (C=O) groups excluding carboxylic acids is 1. The lowest BCUT2D eigenvalue weighted by Gasteiger charge is -2.08. The molecule has 20 heavy (non-hydrogen) atoms. The van der Waals surface area contributed by atoms with Crippen molar-refractivity contribution < 1.29 is 9.53 Å². The molecule has 0 amide bonds. The highest BCUT2D eigenvalue weighted by molar-refractivity contribution is 6.42. The van der Waals surface area contributed by atoms with Crippen molar-refractivity contribution in [1.29, 1.82) is 0 Å². The fraction of sp³-hybridized carbons (Fsp3) is 0.231. The van der Waals surface area contributed by atoms with E-state index in [1.807, 2.05) is 13.0 Å². The number of hydrogen-bond donors (Lipinski definition) is 0. The van der Waals surface area contributed by atoms with Gasteiger partial charge in [0, 0.05) is 6.07 Å². The van der Waals surface area contributed by atoms with Crippen molar-refractivity contribution in [2.45, 2.75) is 13.5 Å². The molecule has 0 spiro atoms. The molecule has 1 aromatic carbocycles. The molecule has 0 saturated heterocycles. The quantitative estimate of drug-likeness (QED) is 0.633. The Morgan fingerprint density at radius 2 is 2.05 bits per heavy atom. The number of benzene rings is 1. The van der Waals surface area contributed by atoms with E-state index < -0.39 is 5.97 Å². The van der Waals surface area contributed by atoms with Crippen LogP contribution in [0.2, 0.25) is 10.0 Å². The van der Waals surface area contributed by atoms with Crippen LogP contribution in [0.15, 0.2) is 24.3 Å². The minimum absolute atomic E-state index is 0.211. The third kappa shape index (κ3) is 3.66. The van der Waals surface area contributed by atoms with Crippen molar-refractivity contribution in [3.05, 3.63) is 45.6 Å². The summed E-state index contributed by atoms with van der Waals surface area (Å²) >= 11 is 17.3. The van der Waals surface area contributed by atoms with Crippen LogP contribution in [0.1, 0.15) is 11.3 Å². The first-order valence-corrected chi connectivity index (χ1v) is 7.03. The Hall–Kier alpha value is -1.23. The van der Waals surface area contributed by atoms with E-state index in [2.05, 4.69) is 5.10 Å². The Morgan fingerprint density at radius 1 is 1.30 bits per heavy atom. The molecule has 0 aliphatic heterocycles. The van der Waals surface area contributed by atoms with E-state index in [1.165, 1.54) is 0 Å². The van der Waals surface area contributed by atoms with Gasteiger partial charge in [0.2, 0.25) is 5.88 Å². The average Bonchev–Trinajstić information content (AvgIpc) is 2.73. The van der Waals surface area contributed by atoms with Crippen LogP contribution in [0.25, 0.3) is 0 Å². The van der Waals surface area contributed by atoms with Crippen molar-refractivity contribution in [2.75, 3.05) is 5.88 Å². The van der Waals surface area contributed by atoms with Gasteiger partial charge in [0.1, 0.15) is 5.88 Å². The summed E-state index contributed by atoms with van der Waals surface area (Å²) in [6, 6.07) is 6.95. The lowest BCUT2D eigenvalue weighted by atomic mass is 10.2. The van der Waals surface area contributed by atoms with Crippen LogP contribution in [0.3, 0.4) is 0 Å². The zero-order chi connectivity index (χ0) is 14.7. The highest BCUT2D eigenvalue weighted by atomic mass is 35.5. The molecule has 2 aromatic rings. The van der Waals surface area contributed by atoms with Gasteiger partial charge in [-0.2, -0.15) is 5.10 Å². The lowest BCUT2D eigenvalue weighted by Crippen LogP contribution is -2.13. The van der Waals surface area contributed by atoms with Gasteiger partial charge in [-0.15, -0.1) is 11.6 Å². The Labute approximate surface area is 131 Å². The minimum Gasteiger partial charge on any atom is -0.407 e. The van der Waals surface area contributed by atoms with Gasteiger partial charge in [0.15, 0.2) is 0 Å². The van der Waals surface area contributed by atoms with Crippen LogP contribution in [0, 0.1) is 6.92 Å². The Balaban J connectivity index is 2.24. The molecule has 0 N–H and O–H groups in total. The molecular weight excluding hydrogens is 323 g/mol. The minimum atomic E-state index is -0.526. The number of hydrogen-bond acceptors (Lipinski definition) is 3. The number of esters is 1. The summed E-state index contributed by atoms with van der Waals surface area (Å²) in [6.07, 6.45) is 0. The van der Waals surface area contributed by atoms with Crippen molar-refractivity contribution >= 4 is 40.8 Å². The zero-order valence-corrected chi connectivity index (χ0v) is 12.8. The zero-order valence-electron chi connectivity index (χ0n) is 10.6. The smallest absolute Gasteiger partial charge is 0.327 e. The second kappa shape index (κ2) is 6.48. The Morgan fingerprint density at radius 3 is 2.70 bits per heavy atom. The fourth-order valence-corrected chi connectivity index (χ4v) is 2.05. The Bertz CT molecular complexity index is 641. The molecule has 0 fully saturated rings. The summed E-state index contributed by atoms with van der Waals surface area (Å²) < 4.78 is 6.68. The number of halogens is 3. The molecule has 0 atom stereocenters. The predicted octanol–water partition coefficient (Wildman–Crippen LogP) is 3.69. The third-order valence-corrected chi connectivity index (χ3v) is 3.47. The predicted molar refractivity (Wildman–Crippen MR) is 78.9 cm³/mol. The first kappa shape index (κ1) is 15.2. The fourth-order valence-electron chi connectivity index (χ4n) is 1.67. The average molecular weight is 334 g/mol. The van der Waals surface area contributed by atoms with Crippen LogP contribution in [0.4, 0.5) is 0 Å². The summed E-state index contributed by atoms with van der Waals surface area (Å²) in [7, 11) is 0. The van der Waals surface area contributed by atoms with Gasteiger partial charge in [-0.25, -0.2) is 4.68 Å². The normalized spacial score (nSPS) is 10.6. The first-order chi connectivity index (χ1) is 9.49. The number of aromatic nitrogens is 2. The SMILES string of the molecule is Cc1cc(OC(=O)CCl)n(Cc2ccc(Cl)c(Cl)c2)n1. The van der Waals surface area contributed by atoms with Gasteiger partial charge in [-0.05, 0) is 24.6 Å². The molecule has 106 valence electrons. The highest BCUT2D eigenvalue weighted by Gasteiger charge is 2.12. The van der Waals surface area contributed by atoms with E-state index in [-0.39, 0.29) is 5.88 Å². The van der Waals surface area contributed by atoms with E-state index in [1.54, 1.807) is 22.9 Å². The molecule has 1 aromatic heterocycles. The lowest BCUT2D eigenvalue weighted by molar-refractivity contribution is -0.132. The van der Waals surface area contributed by atoms with Crippen LogP contribution in [-0.4, -0.2) is 21.6 Å². The van der Waals surface area contributed by atoms with Crippen LogP contribution in [0.5, 0.6) is 5.88 Å². The molecule has 0 radical (unpaired) electrons. The molecule has 0 aliphatic rings. The molecular formula is C13H11Cl3N2O2. The monoisotopic (exact) mass is 332 g/mol. The summed E-state index contributed by atoms with van der Waals surface area (Å²) in [5, 5.41) is 5.22. The van der Waals surface area contributed by atoms with Crippen LogP contribution >= 0.6 is 34.8 Å². The topological polar surface area (TPSA) is 44.1 Å². The standard InChI is InChI=1S/C13H11Cl3N2O2/c1-8-4-12(20-13(19)6-14)18(17-8)7-9-2-3-10(15)11(16)5-9/h2-5H,6-7H2,1H3. The van der Waals surface area contributed by atoms with Crippen molar-refractivity contribution in [3.63, 3.8) is 0 Å². The van der Waals surface area contributed by atoms with Gasteiger partial charge in [0.25, 0.3) is 0 Å². The second-order valence-electron chi connectivity index (χ2n) is 4.14. The number of aryl methyl sites for hydroxylation is 1. The van der Waals surface area contributed by atoms with Crippen molar-refractivity contribution in [2.24, 2.45) is 0 Å². The Kier molecular flexibility index (Phi) is 4.91. The largest absolute Gasteiger partial charge is 0.407 e. The number of alkyl halides is 1. The van der Waals surface area contributed by atoms with Gasteiger partial charge in [-0.1, -0.05) is 29.3 Å². The van der Waals surface area contributed by atoms with Crippen LogP contribution in [-0.2, 0) is 11.3 Å². The molecule has 7 heteroatoms.